The highest BCUT2D eigenvalue weighted by atomic mass is 19.4. The summed E-state index contributed by atoms with van der Waals surface area (Å²) in [6.07, 6.45) is -3.32. The van der Waals surface area contributed by atoms with E-state index in [2.05, 4.69) is 15.1 Å². The van der Waals surface area contributed by atoms with E-state index in [0.29, 0.717) is 42.2 Å². The molecule has 10 heteroatoms. The minimum Gasteiger partial charge on any atom is -0.370 e. The number of fused-ring (bicyclic) bond motifs is 1. The zero-order valence-electron chi connectivity index (χ0n) is 16.8. The SMILES string of the molecule is CC(C)(C)n1ncc2c(=O)[nH]c(N3CCOC(c4ccc(C(F)(F)F)cc4)C3)nc21. The molecular formula is C20H22F3N5O2. The Labute approximate surface area is 170 Å². The molecule has 1 saturated heterocycles. The van der Waals surface area contributed by atoms with Crippen molar-refractivity contribution >= 4 is 17.0 Å². The molecule has 1 N–H and O–H groups in total. The van der Waals surface area contributed by atoms with Gasteiger partial charge in [-0.1, -0.05) is 12.1 Å². The second-order valence-electron chi connectivity index (χ2n) is 8.28. The molecule has 0 radical (unpaired) electrons. The summed E-state index contributed by atoms with van der Waals surface area (Å²) in [4.78, 5) is 21.8. The normalized spacial score (nSPS) is 18.2. The summed E-state index contributed by atoms with van der Waals surface area (Å²) >= 11 is 0. The van der Waals surface area contributed by atoms with Crippen LogP contribution in [0.3, 0.4) is 0 Å². The molecule has 1 fully saturated rings. The topological polar surface area (TPSA) is 76.0 Å². The molecule has 30 heavy (non-hydrogen) atoms. The van der Waals surface area contributed by atoms with E-state index in [1.165, 1.54) is 18.3 Å². The predicted molar refractivity (Wildman–Crippen MR) is 105 cm³/mol. The van der Waals surface area contributed by atoms with Crippen molar-refractivity contribution in [3.8, 4) is 0 Å². The first-order chi connectivity index (χ1) is 14.0. The lowest BCUT2D eigenvalue weighted by Gasteiger charge is -2.33. The van der Waals surface area contributed by atoms with Gasteiger partial charge in [0, 0.05) is 6.54 Å². The van der Waals surface area contributed by atoms with Gasteiger partial charge in [0.15, 0.2) is 5.65 Å². The largest absolute Gasteiger partial charge is 0.416 e. The lowest BCUT2D eigenvalue weighted by Crippen LogP contribution is -2.40. The highest BCUT2D eigenvalue weighted by Crippen LogP contribution is 2.31. The van der Waals surface area contributed by atoms with Gasteiger partial charge in [0.2, 0.25) is 5.95 Å². The Morgan fingerprint density at radius 2 is 1.87 bits per heavy atom. The fourth-order valence-electron chi connectivity index (χ4n) is 3.48. The van der Waals surface area contributed by atoms with Crippen molar-refractivity contribution in [2.24, 2.45) is 0 Å². The summed E-state index contributed by atoms with van der Waals surface area (Å²) in [5, 5.41) is 4.71. The zero-order chi connectivity index (χ0) is 21.7. The number of nitrogens with one attached hydrogen (secondary N) is 1. The van der Waals surface area contributed by atoms with Crippen LogP contribution in [-0.4, -0.2) is 39.4 Å². The summed E-state index contributed by atoms with van der Waals surface area (Å²) in [5.41, 5.74) is -0.225. The maximum atomic E-state index is 12.8. The van der Waals surface area contributed by atoms with Crippen molar-refractivity contribution in [2.45, 2.75) is 38.6 Å². The number of aromatic amines is 1. The molecule has 0 aliphatic carbocycles. The molecule has 0 bridgehead atoms. The standard InChI is InChI=1S/C20H22F3N5O2/c1-19(2,3)28-16-14(10-24-28)17(29)26-18(25-16)27-8-9-30-15(11-27)12-4-6-13(7-5-12)20(21,22)23/h4-7,10,15H,8-9,11H2,1-3H3,(H,25,26,29). The average Bonchev–Trinajstić information content (AvgIpc) is 3.13. The molecule has 1 unspecified atom stereocenters. The van der Waals surface area contributed by atoms with Gasteiger partial charge in [-0.3, -0.25) is 9.78 Å². The number of halogens is 3. The number of H-pyrrole nitrogens is 1. The van der Waals surface area contributed by atoms with Gasteiger partial charge in [0.1, 0.15) is 11.5 Å². The Hall–Kier alpha value is -2.88. The number of morpholine rings is 1. The van der Waals surface area contributed by atoms with Crippen LogP contribution in [0.5, 0.6) is 0 Å². The Balaban J connectivity index is 1.63. The van der Waals surface area contributed by atoms with Gasteiger partial charge in [0.05, 0.1) is 30.5 Å². The molecule has 2 aromatic heterocycles. The van der Waals surface area contributed by atoms with E-state index < -0.39 is 17.8 Å². The fourth-order valence-corrected chi connectivity index (χ4v) is 3.48. The van der Waals surface area contributed by atoms with Crippen molar-refractivity contribution in [3.05, 3.63) is 51.9 Å². The van der Waals surface area contributed by atoms with Crippen molar-refractivity contribution in [3.63, 3.8) is 0 Å². The van der Waals surface area contributed by atoms with Crippen LogP contribution >= 0.6 is 0 Å². The molecule has 1 aliphatic rings. The first kappa shape index (κ1) is 20.4. The van der Waals surface area contributed by atoms with Crippen LogP contribution in [0, 0.1) is 0 Å². The summed E-state index contributed by atoms with van der Waals surface area (Å²) in [5.74, 6) is 0.388. The molecule has 0 amide bonds. The predicted octanol–water partition coefficient (Wildman–Crippen LogP) is 3.47. The third-order valence-corrected chi connectivity index (χ3v) is 5.04. The molecule has 3 aromatic rings. The van der Waals surface area contributed by atoms with E-state index in [0.717, 1.165) is 12.1 Å². The molecule has 1 aliphatic heterocycles. The van der Waals surface area contributed by atoms with Crippen LogP contribution in [-0.2, 0) is 16.5 Å². The molecule has 3 heterocycles. The average molecular weight is 421 g/mol. The first-order valence-corrected chi connectivity index (χ1v) is 9.56. The van der Waals surface area contributed by atoms with Gasteiger partial charge in [-0.2, -0.15) is 23.3 Å². The lowest BCUT2D eigenvalue weighted by molar-refractivity contribution is -0.137. The number of alkyl halides is 3. The number of hydrogen-bond donors (Lipinski definition) is 1. The van der Waals surface area contributed by atoms with Crippen LogP contribution in [0.15, 0.2) is 35.3 Å². The maximum Gasteiger partial charge on any atom is 0.416 e. The molecule has 160 valence electrons. The number of ether oxygens (including phenoxy) is 1. The van der Waals surface area contributed by atoms with E-state index in [9.17, 15) is 18.0 Å². The summed E-state index contributed by atoms with van der Waals surface area (Å²) in [6.45, 7) is 7.11. The molecule has 4 rings (SSSR count). The molecular weight excluding hydrogens is 399 g/mol. The second kappa shape index (κ2) is 7.12. The Morgan fingerprint density at radius 3 is 2.50 bits per heavy atom. The summed E-state index contributed by atoms with van der Waals surface area (Å²) < 4.78 is 45.9. The van der Waals surface area contributed by atoms with Crippen molar-refractivity contribution < 1.29 is 17.9 Å². The zero-order valence-corrected chi connectivity index (χ0v) is 16.8. The van der Waals surface area contributed by atoms with E-state index in [4.69, 9.17) is 4.74 Å². The lowest BCUT2D eigenvalue weighted by atomic mass is 10.1. The van der Waals surface area contributed by atoms with E-state index >= 15 is 0 Å². The molecule has 1 aromatic carbocycles. The van der Waals surface area contributed by atoms with E-state index in [-0.39, 0.29) is 11.1 Å². The van der Waals surface area contributed by atoms with E-state index in [1.54, 1.807) is 4.68 Å². The van der Waals surface area contributed by atoms with Crippen LogP contribution in [0.4, 0.5) is 19.1 Å². The number of hydrogen-bond acceptors (Lipinski definition) is 5. The van der Waals surface area contributed by atoms with Crippen LogP contribution in [0.1, 0.15) is 38.0 Å². The quantitative estimate of drug-likeness (QED) is 0.686. The van der Waals surface area contributed by atoms with Crippen LogP contribution in [0.2, 0.25) is 0 Å². The maximum absolute atomic E-state index is 12.8. The smallest absolute Gasteiger partial charge is 0.370 e. The van der Waals surface area contributed by atoms with Gasteiger partial charge in [-0.05, 0) is 38.5 Å². The highest BCUT2D eigenvalue weighted by molar-refractivity contribution is 5.74. The van der Waals surface area contributed by atoms with Gasteiger partial charge in [-0.15, -0.1) is 0 Å². The first-order valence-electron chi connectivity index (χ1n) is 9.56. The Bertz CT molecular complexity index is 1110. The number of nitrogens with zero attached hydrogens (tertiary/aromatic N) is 4. The summed E-state index contributed by atoms with van der Waals surface area (Å²) in [6, 6.07) is 4.94. The number of aromatic nitrogens is 4. The fraction of sp³-hybridized carbons (Fsp3) is 0.450. The number of benzene rings is 1. The molecule has 0 saturated carbocycles. The van der Waals surface area contributed by atoms with Gasteiger partial charge < -0.3 is 9.64 Å². The molecule has 7 nitrogen and oxygen atoms in total. The minimum atomic E-state index is -4.38. The van der Waals surface area contributed by atoms with E-state index in [1.807, 2.05) is 25.7 Å². The minimum absolute atomic E-state index is 0.289. The Morgan fingerprint density at radius 1 is 1.17 bits per heavy atom. The van der Waals surface area contributed by atoms with Gasteiger partial charge in [0.25, 0.3) is 5.56 Å². The monoisotopic (exact) mass is 421 g/mol. The van der Waals surface area contributed by atoms with Crippen molar-refractivity contribution in [1.29, 1.82) is 0 Å². The molecule has 1 atom stereocenters. The number of anilines is 1. The third kappa shape index (κ3) is 3.79. The number of rotatable bonds is 2. The molecule has 0 spiro atoms. The highest BCUT2D eigenvalue weighted by Gasteiger charge is 2.31. The van der Waals surface area contributed by atoms with Crippen LogP contribution < -0.4 is 10.5 Å². The van der Waals surface area contributed by atoms with Crippen LogP contribution in [0.25, 0.3) is 11.0 Å². The van der Waals surface area contributed by atoms with Crippen molar-refractivity contribution in [2.75, 3.05) is 24.6 Å². The van der Waals surface area contributed by atoms with Gasteiger partial charge in [-0.25, -0.2) is 4.68 Å². The van der Waals surface area contributed by atoms with Crippen molar-refractivity contribution in [1.82, 2.24) is 19.7 Å². The van der Waals surface area contributed by atoms with Gasteiger partial charge >= 0.3 is 6.18 Å². The summed E-state index contributed by atoms with van der Waals surface area (Å²) in [7, 11) is 0. The second-order valence-corrected chi connectivity index (χ2v) is 8.28. The third-order valence-electron chi connectivity index (χ3n) is 5.04. The Kier molecular flexibility index (Phi) is 4.84.